The molecule has 5 aliphatic rings. The van der Waals surface area contributed by atoms with Gasteiger partial charge >= 0.3 is 11.9 Å². The fourth-order valence-corrected chi connectivity index (χ4v) is 14.2. The number of methoxy groups -OCH3 is 1. The molecule has 494 valence electrons. The highest BCUT2D eigenvalue weighted by atomic mass is 35.5. The van der Waals surface area contributed by atoms with Crippen LogP contribution in [0.1, 0.15) is 143 Å². The average Bonchev–Trinajstić information content (AvgIpc) is 2.95. The first kappa shape index (κ1) is 70.8. The summed E-state index contributed by atoms with van der Waals surface area (Å²) in [5, 5.41) is 52.2. The lowest BCUT2D eigenvalue weighted by Crippen LogP contribution is -2.61. The number of aromatic carboxylic acids is 1. The lowest BCUT2D eigenvalue weighted by molar-refractivity contribution is -0.320. The molecule has 87 heavy (non-hydrogen) atoms. The molecule has 6 N–H and O–H groups in total. The molecule has 0 bridgehead atoms. The van der Waals surface area contributed by atoms with Crippen LogP contribution < -0.4 is 16.1 Å². The number of fused-ring (bicyclic) bond motifs is 2. The predicted octanol–water partition coefficient (Wildman–Crippen LogP) is 5.97. The normalized spacial score (nSPS) is 36.7. The van der Waals surface area contributed by atoms with Crippen molar-refractivity contribution in [3.63, 3.8) is 0 Å². The predicted molar refractivity (Wildman–Crippen MR) is 326 cm³/mol. The maximum absolute atomic E-state index is 14.9. The number of ether oxygens (including phenoxy) is 10. The van der Waals surface area contributed by atoms with E-state index >= 15 is 0 Å². The lowest BCUT2D eigenvalue weighted by Gasteiger charge is -2.49. The Labute approximate surface area is 518 Å². The third-order valence-electron chi connectivity index (χ3n) is 18.9. The van der Waals surface area contributed by atoms with Gasteiger partial charge in [0.15, 0.2) is 18.9 Å². The number of esters is 1. The van der Waals surface area contributed by atoms with Crippen LogP contribution in [0.4, 0.5) is 5.69 Å². The van der Waals surface area contributed by atoms with Crippen molar-refractivity contribution >= 4 is 46.0 Å². The Bertz CT molecular complexity index is 2660. The van der Waals surface area contributed by atoms with E-state index in [1.54, 1.807) is 33.1 Å². The van der Waals surface area contributed by atoms with Crippen molar-refractivity contribution in [1.29, 1.82) is 0 Å². The number of halogens is 1. The number of amides is 1. The number of nitrogens with zero attached hydrogens (tertiary/aromatic N) is 3. The highest BCUT2D eigenvalue weighted by Gasteiger charge is 2.56. The van der Waals surface area contributed by atoms with E-state index in [-0.39, 0.29) is 98.6 Å². The number of benzene rings is 1. The van der Waals surface area contributed by atoms with E-state index in [1.165, 1.54) is 6.20 Å². The van der Waals surface area contributed by atoms with Gasteiger partial charge in [-0.25, -0.2) is 4.79 Å². The van der Waals surface area contributed by atoms with E-state index in [0.29, 0.717) is 68.2 Å². The molecular weight excluding hydrogens is 1150 g/mol. The van der Waals surface area contributed by atoms with Crippen LogP contribution in [0.3, 0.4) is 0 Å². The average molecular weight is 1250 g/mol. The Balaban J connectivity index is 0.928. The van der Waals surface area contributed by atoms with Crippen LogP contribution in [0.2, 0.25) is 5.02 Å². The zero-order valence-corrected chi connectivity index (χ0v) is 54.5. The van der Waals surface area contributed by atoms with Gasteiger partial charge in [0.05, 0.1) is 84.2 Å². The molecule has 0 radical (unpaired) electrons. The number of aliphatic hydroxyl groups is 3. The van der Waals surface area contributed by atoms with Gasteiger partial charge in [0, 0.05) is 94.2 Å². The van der Waals surface area contributed by atoms with Crippen LogP contribution in [0.25, 0.3) is 10.9 Å². The fraction of sp³-hybridized carbons (Fsp3) is 0.810. The molecule has 23 nitrogen and oxygen atoms in total. The van der Waals surface area contributed by atoms with Crippen LogP contribution in [-0.4, -0.2) is 224 Å². The van der Waals surface area contributed by atoms with Gasteiger partial charge in [0.25, 0.3) is 0 Å². The van der Waals surface area contributed by atoms with Gasteiger partial charge < -0.3 is 92.8 Å². The van der Waals surface area contributed by atoms with Crippen molar-refractivity contribution in [2.24, 2.45) is 23.7 Å². The molecule has 7 rings (SSSR count). The molecule has 1 aromatic heterocycles. The Hall–Kier alpha value is -3.63. The number of likely N-dealkylation sites (N-methyl/N-ethyl adjacent to an activating group) is 1. The number of aromatic nitrogens is 1. The summed E-state index contributed by atoms with van der Waals surface area (Å²) >= 11 is 6.57. The summed E-state index contributed by atoms with van der Waals surface area (Å²) in [4.78, 5) is 56.6. The highest BCUT2D eigenvalue weighted by molar-refractivity contribution is 6.34. The van der Waals surface area contributed by atoms with Crippen molar-refractivity contribution in [3.8, 4) is 0 Å². The monoisotopic (exact) mass is 1250 g/mol. The first-order chi connectivity index (χ1) is 41.0. The third kappa shape index (κ3) is 17.3. The Morgan fingerprint density at radius 3 is 2.26 bits per heavy atom. The summed E-state index contributed by atoms with van der Waals surface area (Å²) in [7, 11) is 7.42. The number of carboxylic acids is 1. The molecule has 5 fully saturated rings. The molecule has 2 aromatic rings. The number of hydrogen-bond donors (Lipinski definition) is 6. The second-order valence-corrected chi connectivity index (χ2v) is 26.6. The van der Waals surface area contributed by atoms with Crippen molar-refractivity contribution in [3.05, 3.63) is 39.1 Å². The SMILES string of the molecule is CC[C@H]1OC(=O)[C@H](C)[C@@H](O[C@H]2C[C@@](C)(OC)[C@@H](OCCCNC(=O)CCOCCOCCNc3cc4c(=O)c(C(=O)O)cn(C5CC5)c4cc3Cl)[C@H](C)O2)[C@H](C)[C@@H](O[C@@H]2O[C@H](C)C[C@H](N(C)C)[C@H]2O)[C@](C)(O)C[C@@H](C)CN(C)[C@H](C)[C@H]2C[C@H](O)O[C@@]21C. The first-order valence-electron chi connectivity index (χ1n) is 31.4. The first-order valence-corrected chi connectivity index (χ1v) is 31.8. The van der Waals surface area contributed by atoms with Crippen LogP contribution >= 0.6 is 11.6 Å². The maximum atomic E-state index is 14.9. The molecule has 0 spiro atoms. The standard InChI is InChI=1S/C63H102ClN5O18/c1-15-49-63(10)44(29-51(71)87-63)39(6)68(13)33-35(2)31-61(8,77)56(86-60-54(73)48(67(11)12)27-36(3)82-60)37(4)55(38(5)59(76)84-49)85-52-32-62(9,78-14)57(40(7)83-52)81-22-16-20-66-50(70)19-23-79-25-26-80-24-21-65-46-28-42-47(30-45(46)64)69(41-17-18-41)34-43(53(42)72)58(74)75/h28,30,34-41,44,48-49,51-52,54-57,60,65,71,73,77H,15-27,29,31-33H2,1-14H3,(H,66,70)(H,74,75)/t35-,36-,37+,38-,39-,40+,44-,48+,49-,51-,52+,54-,55+,56-,57+,60+,61-,62-,63+/m1/s1. The van der Waals surface area contributed by atoms with Gasteiger partial charge in [-0.05, 0) is 126 Å². The zero-order valence-electron chi connectivity index (χ0n) is 53.8. The summed E-state index contributed by atoms with van der Waals surface area (Å²) in [6, 6.07) is 3.02. The summed E-state index contributed by atoms with van der Waals surface area (Å²) in [5.74, 6) is -4.05. The number of anilines is 1. The number of hydrogen-bond acceptors (Lipinski definition) is 20. The zero-order chi connectivity index (χ0) is 63.9. The number of carbonyl (C=O) groups is 3. The van der Waals surface area contributed by atoms with Crippen LogP contribution in [-0.2, 0) is 57.0 Å². The van der Waals surface area contributed by atoms with Crippen molar-refractivity contribution < 1.29 is 82.2 Å². The van der Waals surface area contributed by atoms with Crippen LogP contribution in [0.15, 0.2) is 23.1 Å². The number of nitrogens with one attached hydrogen (secondary N) is 2. The highest BCUT2D eigenvalue weighted by Crippen LogP contribution is 2.46. The Kier molecular flexibility index (Phi) is 25.0. The molecule has 1 aromatic carbocycles. The molecular formula is C63H102ClN5O18. The molecule has 1 saturated carbocycles. The summed E-state index contributed by atoms with van der Waals surface area (Å²) in [6.45, 7) is 21.7. The van der Waals surface area contributed by atoms with Gasteiger partial charge in [-0.1, -0.05) is 32.4 Å². The third-order valence-corrected chi connectivity index (χ3v) is 19.2. The topological polar surface area (TPSA) is 277 Å². The molecule has 1 aliphatic carbocycles. The largest absolute Gasteiger partial charge is 0.477 e. The summed E-state index contributed by atoms with van der Waals surface area (Å²) in [5.41, 5.74) is -3.29. The molecule has 19 atom stereocenters. The molecule has 4 saturated heterocycles. The molecule has 0 unspecified atom stereocenters. The van der Waals surface area contributed by atoms with Crippen LogP contribution in [0.5, 0.6) is 0 Å². The maximum Gasteiger partial charge on any atom is 0.341 e. The molecule has 4 aliphatic heterocycles. The Morgan fingerprint density at radius 1 is 0.908 bits per heavy atom. The van der Waals surface area contributed by atoms with E-state index in [4.69, 9.17) is 59.0 Å². The second kappa shape index (κ2) is 30.7. The quantitative estimate of drug-likeness (QED) is 0.0522. The van der Waals surface area contributed by atoms with E-state index in [0.717, 1.165) is 12.8 Å². The van der Waals surface area contributed by atoms with E-state index < -0.39 is 102 Å². The van der Waals surface area contributed by atoms with Crippen LogP contribution in [0, 0.1) is 23.7 Å². The number of pyridine rings is 1. The van der Waals surface area contributed by atoms with Gasteiger partial charge in [0.2, 0.25) is 11.3 Å². The number of carbonyl (C=O) groups excluding carboxylic acids is 2. The summed E-state index contributed by atoms with van der Waals surface area (Å²) in [6.07, 6.45) is -2.77. The number of cyclic esters (lactones) is 1. The van der Waals surface area contributed by atoms with Crippen molar-refractivity contribution in [2.75, 3.05) is 86.2 Å². The number of aliphatic hydroxyl groups excluding tert-OH is 2. The van der Waals surface area contributed by atoms with Gasteiger partial charge in [-0.15, -0.1) is 0 Å². The van der Waals surface area contributed by atoms with Crippen molar-refractivity contribution in [2.45, 2.75) is 224 Å². The van der Waals surface area contributed by atoms with Crippen molar-refractivity contribution in [1.82, 2.24) is 19.7 Å². The van der Waals surface area contributed by atoms with Gasteiger partial charge in [-0.2, -0.15) is 0 Å². The molecule has 1 amide bonds. The minimum absolute atomic E-state index is 0.0854. The van der Waals surface area contributed by atoms with E-state index in [2.05, 4.69) is 29.4 Å². The minimum atomic E-state index is -1.56. The second-order valence-electron chi connectivity index (χ2n) is 26.2. The van der Waals surface area contributed by atoms with E-state index in [1.807, 2.05) is 72.2 Å². The smallest absolute Gasteiger partial charge is 0.341 e. The molecule has 5 heterocycles. The van der Waals surface area contributed by atoms with Gasteiger partial charge in [0.1, 0.15) is 29.5 Å². The number of carboxylic acid groups (broad SMARTS) is 1. The van der Waals surface area contributed by atoms with Gasteiger partial charge in [-0.3, -0.25) is 14.4 Å². The minimum Gasteiger partial charge on any atom is -0.477 e. The number of rotatable bonds is 24. The van der Waals surface area contributed by atoms with E-state index in [9.17, 15) is 39.6 Å². The lowest BCUT2D eigenvalue weighted by atomic mass is 9.77. The fourth-order valence-electron chi connectivity index (χ4n) is 13.9. The molecule has 24 heteroatoms. The summed E-state index contributed by atoms with van der Waals surface area (Å²) < 4.78 is 65.6. The Morgan fingerprint density at radius 2 is 1.61 bits per heavy atom.